The number of hydrogen-bond acceptors (Lipinski definition) is 12. The fourth-order valence-electron chi connectivity index (χ4n) is 4.30. The van der Waals surface area contributed by atoms with E-state index in [0.29, 0.717) is 71.9 Å². The average Bonchev–Trinajstić information content (AvgIpc) is 3.04. The van der Waals surface area contributed by atoms with Crippen LogP contribution in [0, 0.1) is 20.8 Å². The molecule has 265 valence electrons. The van der Waals surface area contributed by atoms with E-state index in [4.69, 9.17) is 18.9 Å². The summed E-state index contributed by atoms with van der Waals surface area (Å²) in [4.78, 5) is 51.6. The van der Waals surface area contributed by atoms with E-state index in [9.17, 15) is 24.3 Å². The molecule has 1 rings (SSSR count). The number of esters is 3. The van der Waals surface area contributed by atoms with E-state index in [1.54, 1.807) is 4.90 Å². The van der Waals surface area contributed by atoms with Gasteiger partial charge in [0.1, 0.15) is 24.4 Å². The fourth-order valence-corrected chi connectivity index (χ4v) is 4.30. The molecule has 0 aliphatic carbocycles. The Labute approximate surface area is 284 Å². The van der Waals surface area contributed by atoms with E-state index in [0.717, 1.165) is 11.3 Å². The Morgan fingerprint density at radius 2 is 1.37 bits per heavy atom. The Bertz CT molecular complexity index is 983. The molecule has 0 fully saturated rings. The summed E-state index contributed by atoms with van der Waals surface area (Å²) in [6.45, 7) is 18.5. The van der Waals surface area contributed by atoms with Crippen LogP contribution in [0.3, 0.4) is 0 Å². The van der Waals surface area contributed by atoms with E-state index >= 15 is 0 Å². The maximum Gasteiger partial charge on any atom is 3.00 e. The molecule has 1 aromatic carbocycles. The molecule has 14 heteroatoms. The van der Waals surface area contributed by atoms with Crippen molar-refractivity contribution in [2.45, 2.75) is 38.8 Å². The second kappa shape index (κ2) is 27.2. The molecule has 13 nitrogen and oxygen atoms in total. The second-order valence-corrected chi connectivity index (χ2v) is 9.70. The van der Waals surface area contributed by atoms with Gasteiger partial charge < -0.3 is 52.4 Å². The summed E-state index contributed by atoms with van der Waals surface area (Å²) < 4.78 is 24.9. The van der Waals surface area contributed by atoms with Gasteiger partial charge in [-0.3, -0.25) is 31.0 Å². The van der Waals surface area contributed by atoms with Crippen LogP contribution in [-0.2, 0) is 61.0 Å². The summed E-state index contributed by atoms with van der Waals surface area (Å²) in [6.07, 6.45) is 0.850. The van der Waals surface area contributed by atoms with Crippen LogP contribution >= 0.6 is 0 Å². The second-order valence-electron chi connectivity index (χ2n) is 9.70. The van der Waals surface area contributed by atoms with Crippen LogP contribution in [0.5, 0.6) is 5.75 Å². The number of carboxylic acid groups (broad SMARTS) is 1. The van der Waals surface area contributed by atoms with E-state index < -0.39 is 30.0 Å². The molecule has 0 saturated carbocycles. The van der Waals surface area contributed by atoms with Crippen LogP contribution in [0.15, 0.2) is 24.3 Å². The topological polar surface area (TPSA) is 144 Å². The van der Waals surface area contributed by atoms with Gasteiger partial charge in [0.15, 0.2) is 5.97 Å². The minimum absolute atomic E-state index is 0. The number of methoxy groups -OCH3 is 3. The summed E-state index contributed by atoms with van der Waals surface area (Å²) in [7, 11) is 3.97. The third-order valence-electron chi connectivity index (χ3n) is 6.87. The number of carboxylic acids is 1. The Morgan fingerprint density at radius 3 is 1.78 bits per heavy atom. The molecule has 0 bridgehead atoms. The first-order valence-corrected chi connectivity index (χ1v) is 14.9. The summed E-state index contributed by atoms with van der Waals surface area (Å²) in [5.41, 5.74) is 0.933. The van der Waals surface area contributed by atoms with Gasteiger partial charge in [0.2, 0.25) is 0 Å². The number of carbonyl (C=O) groups is 4. The monoisotopic (exact) mass is 696 g/mol. The van der Waals surface area contributed by atoms with Crippen LogP contribution in [0.1, 0.15) is 25.8 Å². The molecule has 46 heavy (non-hydrogen) atoms. The maximum atomic E-state index is 12.8. The molecule has 0 aromatic heterocycles. The summed E-state index contributed by atoms with van der Waals surface area (Å²) in [5.74, 6) is -1.46. The minimum atomic E-state index is -0.903. The predicted octanol–water partition coefficient (Wildman–Crippen LogP) is 1.79. The van der Waals surface area contributed by atoms with E-state index in [1.807, 2.05) is 47.9 Å². The number of carbonyl (C=O) groups excluding carboxylic acids is 3. The molecule has 0 heterocycles. The molecular formula is C32H52N3NiO10. The number of aliphatic carboxylic acids is 1. The molecule has 1 radical (unpaired) electrons. The Kier molecular flexibility index (Phi) is 26.8. The zero-order valence-corrected chi connectivity index (χ0v) is 28.8. The van der Waals surface area contributed by atoms with E-state index in [-0.39, 0.29) is 29.0 Å². The molecule has 1 aromatic rings. The van der Waals surface area contributed by atoms with Crippen LogP contribution in [0.25, 0.3) is 0 Å². The van der Waals surface area contributed by atoms with Crippen molar-refractivity contribution in [2.24, 2.45) is 0 Å². The molecule has 0 amide bonds. The molecule has 2 atom stereocenters. The van der Waals surface area contributed by atoms with E-state index in [2.05, 4.69) is 25.5 Å². The number of ether oxygens (including phenoxy) is 5. The van der Waals surface area contributed by atoms with Crippen molar-refractivity contribution in [3.63, 3.8) is 0 Å². The number of rotatable bonds is 22. The third kappa shape index (κ3) is 18.9. The minimum Gasteiger partial charge on any atom is -0.492 e. The molecule has 1 N–H and O–H groups in total. The first-order valence-electron chi connectivity index (χ1n) is 14.9. The molecule has 0 saturated heterocycles. The van der Waals surface area contributed by atoms with E-state index in [1.165, 1.54) is 21.3 Å². The Hall–Kier alpha value is -2.90. The van der Waals surface area contributed by atoms with Gasteiger partial charge in [-0.05, 0) is 37.5 Å². The van der Waals surface area contributed by atoms with Crippen molar-refractivity contribution in [1.29, 1.82) is 0 Å². The van der Waals surface area contributed by atoms with Crippen molar-refractivity contribution in [1.82, 2.24) is 14.7 Å². The fraction of sp³-hybridized carbons (Fsp3) is 0.594. The molecule has 0 aliphatic heterocycles. The van der Waals surface area contributed by atoms with Crippen molar-refractivity contribution in [3.8, 4) is 5.75 Å². The smallest absolute Gasteiger partial charge is 0.492 e. The number of hydrogen-bond donors (Lipinski definition) is 1. The summed E-state index contributed by atoms with van der Waals surface area (Å²) >= 11 is 0. The van der Waals surface area contributed by atoms with Gasteiger partial charge in [-0.2, -0.15) is 0 Å². The van der Waals surface area contributed by atoms with Gasteiger partial charge >= 0.3 is 34.4 Å². The van der Waals surface area contributed by atoms with Crippen LogP contribution in [0.4, 0.5) is 0 Å². The van der Waals surface area contributed by atoms with Gasteiger partial charge in [0, 0.05) is 32.8 Å². The average molecular weight is 697 g/mol. The van der Waals surface area contributed by atoms with Gasteiger partial charge in [0.05, 0.1) is 34.5 Å². The van der Waals surface area contributed by atoms with Crippen LogP contribution in [-0.4, -0.2) is 143 Å². The number of nitrogens with zero attached hydrogens (tertiary/aromatic N) is 3. The largest absolute Gasteiger partial charge is 3.00 e. The first-order chi connectivity index (χ1) is 21.5. The third-order valence-corrected chi connectivity index (χ3v) is 6.87. The summed E-state index contributed by atoms with van der Waals surface area (Å²) in [6, 6.07) is 6.31. The normalized spacial score (nSPS) is 12.0. The molecular weight excluding hydrogens is 645 g/mol. The quantitative estimate of drug-likeness (QED) is 0.0619. The molecule has 2 unspecified atom stereocenters. The van der Waals surface area contributed by atoms with Gasteiger partial charge in [-0.1, -0.05) is 19.1 Å². The number of benzene rings is 1. The van der Waals surface area contributed by atoms with Crippen molar-refractivity contribution in [2.75, 3.05) is 87.0 Å². The standard InChI is InChI=1S/C29H47N3O8.C3H5O2.Ni/c1-7-25(28(34)35)31(8-2)17-15-30(22-27(33)37-5)16-18-32(9-3)26(29(36)38-6)21-23-11-13-24(14-12-23)40-20-19-39-10-4;1-3(4)5-2;/h11-14,25-26H,2-3,7-10,15-22H2,1,4-6H3,(H,34,35);1H2,2H3;/q-2;-1;+3. The molecule has 0 spiro atoms. The Morgan fingerprint density at radius 1 is 0.826 bits per heavy atom. The Balaban J connectivity index is 0. The van der Waals surface area contributed by atoms with Gasteiger partial charge in [-0.15, -0.1) is 13.1 Å². The van der Waals surface area contributed by atoms with Crippen molar-refractivity contribution < 1.29 is 64.5 Å². The van der Waals surface area contributed by atoms with Crippen molar-refractivity contribution >= 4 is 23.9 Å². The predicted molar refractivity (Wildman–Crippen MR) is 169 cm³/mol. The molecule has 0 aliphatic rings. The zero-order valence-electron chi connectivity index (χ0n) is 27.9. The van der Waals surface area contributed by atoms with Gasteiger partial charge in [0.25, 0.3) is 0 Å². The zero-order chi connectivity index (χ0) is 34.2. The maximum absolute atomic E-state index is 12.8. The van der Waals surface area contributed by atoms with Crippen LogP contribution in [0.2, 0.25) is 0 Å². The van der Waals surface area contributed by atoms with Gasteiger partial charge in [-0.25, -0.2) is 0 Å². The first kappa shape index (κ1) is 45.2. The van der Waals surface area contributed by atoms with Crippen LogP contribution < -0.4 is 4.74 Å². The SMILES string of the molecule is [CH2-]C(=O)OC.[CH2-]CN(CCN(CCN(C[CH2-])C(Cc1ccc(OCCOCC)cc1)C(=O)OC)CC(=O)OC)C(CC)C(=O)O.[Ni+3]. The van der Waals surface area contributed by atoms with Crippen molar-refractivity contribution in [3.05, 3.63) is 50.6 Å². The summed E-state index contributed by atoms with van der Waals surface area (Å²) in [5, 5.41) is 9.54.